The summed E-state index contributed by atoms with van der Waals surface area (Å²) in [6.45, 7) is 2.81. The second-order valence-corrected chi connectivity index (χ2v) is 7.70. The molecule has 7 nitrogen and oxygen atoms in total. The fraction of sp³-hybridized carbons (Fsp3) is 0.190. The highest BCUT2D eigenvalue weighted by atomic mass is 32.2. The first-order chi connectivity index (χ1) is 14.0. The molecule has 0 saturated heterocycles. The van der Waals surface area contributed by atoms with E-state index in [1.165, 1.54) is 13.2 Å². The maximum absolute atomic E-state index is 12.7. The Hall–Kier alpha value is -3.26. The second kappa shape index (κ2) is 9.29. The summed E-state index contributed by atoms with van der Waals surface area (Å²) >= 11 is 0. The van der Waals surface area contributed by atoms with Gasteiger partial charge < -0.3 is 19.0 Å². The molecule has 0 unspecified atom stereocenters. The summed E-state index contributed by atoms with van der Waals surface area (Å²) in [6, 6.07) is 15.0. The second-order valence-electron chi connectivity index (χ2n) is 6.18. The molecule has 0 spiro atoms. The van der Waals surface area contributed by atoms with Crippen LogP contribution in [0.15, 0.2) is 71.9 Å². The van der Waals surface area contributed by atoms with E-state index in [-0.39, 0.29) is 16.4 Å². The first kappa shape index (κ1) is 20.5. The van der Waals surface area contributed by atoms with Crippen LogP contribution in [0.25, 0.3) is 0 Å². The van der Waals surface area contributed by atoms with Gasteiger partial charge in [-0.1, -0.05) is 12.1 Å². The summed E-state index contributed by atoms with van der Waals surface area (Å²) in [6.07, 6.45) is 3.41. The average molecular weight is 414 g/mol. The minimum Gasteiger partial charge on any atom is -0.495 e. The molecule has 0 aliphatic rings. The first-order valence-corrected chi connectivity index (χ1v) is 10.3. The first-order valence-electron chi connectivity index (χ1n) is 8.94. The lowest BCUT2D eigenvalue weighted by molar-refractivity contribution is 0.331. The summed E-state index contributed by atoms with van der Waals surface area (Å²) in [4.78, 5) is 3.93. The molecule has 1 heterocycles. The summed E-state index contributed by atoms with van der Waals surface area (Å²) in [7, 11) is -2.64. The molecule has 0 bridgehead atoms. The standard InChI is InChI=1S/C21H22N2O5S/c1-16-13-18(27-12-11-23-17-7-9-22-10-8-17)15-19(14-16)28-29(24,25)21-6-4-3-5-20(21)26-2/h3-10,13-15H,11-12H2,1-2H3,(H,22,23). The molecule has 0 aliphatic heterocycles. The van der Waals surface area contributed by atoms with Crippen molar-refractivity contribution < 1.29 is 22.1 Å². The Kier molecular flexibility index (Phi) is 6.56. The minimum absolute atomic E-state index is 0.0342. The molecule has 3 aromatic rings. The number of benzene rings is 2. The van der Waals surface area contributed by atoms with Crippen LogP contribution in [0, 0.1) is 6.92 Å². The van der Waals surface area contributed by atoms with Crippen molar-refractivity contribution in [2.24, 2.45) is 0 Å². The SMILES string of the molecule is COc1ccccc1S(=O)(=O)Oc1cc(C)cc(OCCNc2ccncc2)c1. The van der Waals surface area contributed by atoms with Crippen molar-refractivity contribution in [3.05, 3.63) is 72.6 Å². The van der Waals surface area contributed by atoms with E-state index in [0.29, 0.717) is 18.9 Å². The van der Waals surface area contributed by atoms with E-state index in [4.69, 9.17) is 13.7 Å². The van der Waals surface area contributed by atoms with Crippen molar-refractivity contribution in [1.29, 1.82) is 0 Å². The summed E-state index contributed by atoms with van der Waals surface area (Å²) in [5, 5.41) is 3.21. The van der Waals surface area contributed by atoms with Gasteiger partial charge in [-0.3, -0.25) is 4.98 Å². The molecule has 29 heavy (non-hydrogen) atoms. The lowest BCUT2D eigenvalue weighted by Gasteiger charge is -2.13. The number of nitrogens with zero attached hydrogens (tertiary/aromatic N) is 1. The monoisotopic (exact) mass is 414 g/mol. The normalized spacial score (nSPS) is 11.0. The van der Waals surface area contributed by atoms with Gasteiger partial charge in [0.1, 0.15) is 28.8 Å². The number of pyridine rings is 1. The molecule has 0 fully saturated rings. The lowest BCUT2D eigenvalue weighted by Crippen LogP contribution is -2.13. The van der Waals surface area contributed by atoms with Crippen LogP contribution in [-0.4, -0.2) is 33.7 Å². The van der Waals surface area contributed by atoms with E-state index in [9.17, 15) is 8.42 Å². The van der Waals surface area contributed by atoms with Crippen LogP contribution < -0.4 is 19.0 Å². The van der Waals surface area contributed by atoms with Gasteiger partial charge in [0.15, 0.2) is 0 Å². The lowest BCUT2D eigenvalue weighted by atomic mass is 10.2. The molecule has 1 N–H and O–H groups in total. The zero-order valence-corrected chi connectivity index (χ0v) is 17.0. The molecule has 152 valence electrons. The Morgan fingerprint density at radius 3 is 2.48 bits per heavy atom. The average Bonchev–Trinajstić information content (AvgIpc) is 2.71. The molecule has 0 radical (unpaired) electrons. The molecule has 3 rings (SSSR count). The third-order valence-electron chi connectivity index (χ3n) is 3.95. The van der Waals surface area contributed by atoms with Crippen LogP contribution in [0.2, 0.25) is 0 Å². The number of nitrogens with one attached hydrogen (secondary N) is 1. The van der Waals surface area contributed by atoms with Crippen molar-refractivity contribution in [3.63, 3.8) is 0 Å². The van der Waals surface area contributed by atoms with E-state index in [1.54, 1.807) is 42.7 Å². The zero-order chi connectivity index (χ0) is 20.7. The molecule has 1 aromatic heterocycles. The van der Waals surface area contributed by atoms with Crippen molar-refractivity contribution >= 4 is 15.8 Å². The van der Waals surface area contributed by atoms with Crippen molar-refractivity contribution in [3.8, 4) is 17.2 Å². The molecule has 0 saturated carbocycles. The van der Waals surface area contributed by atoms with Gasteiger partial charge in [0.2, 0.25) is 0 Å². The van der Waals surface area contributed by atoms with Crippen LogP contribution in [0.1, 0.15) is 5.56 Å². The van der Waals surface area contributed by atoms with Crippen LogP contribution in [-0.2, 0) is 10.1 Å². The molecular weight excluding hydrogens is 392 g/mol. The largest absolute Gasteiger partial charge is 0.495 e. The van der Waals surface area contributed by atoms with Gasteiger partial charge in [0.25, 0.3) is 0 Å². The summed E-state index contributed by atoms with van der Waals surface area (Å²) < 4.78 is 41.5. The van der Waals surface area contributed by atoms with Crippen molar-refractivity contribution in [1.82, 2.24) is 4.98 Å². The highest BCUT2D eigenvalue weighted by molar-refractivity contribution is 7.87. The maximum Gasteiger partial charge on any atom is 0.342 e. The number of aromatic nitrogens is 1. The Balaban J connectivity index is 1.67. The highest BCUT2D eigenvalue weighted by Gasteiger charge is 2.21. The van der Waals surface area contributed by atoms with E-state index >= 15 is 0 Å². The smallest absolute Gasteiger partial charge is 0.342 e. The van der Waals surface area contributed by atoms with Gasteiger partial charge in [-0.2, -0.15) is 8.42 Å². The van der Waals surface area contributed by atoms with Gasteiger partial charge in [-0.05, 0) is 48.9 Å². The maximum atomic E-state index is 12.7. The van der Waals surface area contributed by atoms with Crippen LogP contribution in [0.4, 0.5) is 5.69 Å². The highest BCUT2D eigenvalue weighted by Crippen LogP contribution is 2.29. The molecule has 0 amide bonds. The number of para-hydroxylation sites is 1. The fourth-order valence-electron chi connectivity index (χ4n) is 2.68. The fourth-order valence-corrected chi connectivity index (χ4v) is 3.76. The number of hydrogen-bond donors (Lipinski definition) is 1. The molecule has 0 atom stereocenters. The number of hydrogen-bond acceptors (Lipinski definition) is 7. The molecule has 8 heteroatoms. The van der Waals surface area contributed by atoms with Crippen LogP contribution >= 0.6 is 0 Å². The number of aryl methyl sites for hydroxylation is 1. The van der Waals surface area contributed by atoms with E-state index < -0.39 is 10.1 Å². The number of methoxy groups -OCH3 is 1. The third kappa shape index (κ3) is 5.61. The Morgan fingerprint density at radius 2 is 1.72 bits per heavy atom. The van der Waals surface area contributed by atoms with E-state index in [2.05, 4.69) is 10.3 Å². The molecule has 0 aliphatic carbocycles. The quantitative estimate of drug-likeness (QED) is 0.422. The third-order valence-corrected chi connectivity index (χ3v) is 5.24. The Morgan fingerprint density at radius 1 is 1.00 bits per heavy atom. The van der Waals surface area contributed by atoms with Crippen molar-refractivity contribution in [2.75, 3.05) is 25.6 Å². The number of rotatable bonds is 9. The van der Waals surface area contributed by atoms with E-state index in [0.717, 1.165) is 11.3 Å². The number of ether oxygens (including phenoxy) is 2. The van der Waals surface area contributed by atoms with Crippen LogP contribution in [0.5, 0.6) is 17.2 Å². The topological polar surface area (TPSA) is 86.8 Å². The summed E-state index contributed by atoms with van der Waals surface area (Å²) in [5.74, 6) is 0.915. The Bertz CT molecular complexity index is 1060. The number of anilines is 1. The zero-order valence-electron chi connectivity index (χ0n) is 16.2. The Labute approximate surface area is 170 Å². The van der Waals surface area contributed by atoms with E-state index in [1.807, 2.05) is 25.1 Å². The summed E-state index contributed by atoms with van der Waals surface area (Å²) in [5.41, 5.74) is 1.76. The molecule has 2 aromatic carbocycles. The van der Waals surface area contributed by atoms with Gasteiger partial charge in [-0.25, -0.2) is 0 Å². The van der Waals surface area contributed by atoms with Crippen LogP contribution in [0.3, 0.4) is 0 Å². The van der Waals surface area contributed by atoms with Gasteiger partial charge in [0.05, 0.1) is 7.11 Å². The predicted octanol–water partition coefficient (Wildman–Crippen LogP) is 3.66. The molecular formula is C21H22N2O5S. The predicted molar refractivity (Wildman–Crippen MR) is 110 cm³/mol. The van der Waals surface area contributed by atoms with Gasteiger partial charge in [0, 0.05) is 30.7 Å². The minimum atomic E-state index is -4.05. The van der Waals surface area contributed by atoms with Gasteiger partial charge in [-0.15, -0.1) is 0 Å². The van der Waals surface area contributed by atoms with Crippen molar-refractivity contribution in [2.45, 2.75) is 11.8 Å². The van der Waals surface area contributed by atoms with Gasteiger partial charge >= 0.3 is 10.1 Å².